The highest BCUT2D eigenvalue weighted by molar-refractivity contribution is 6.11. The van der Waals surface area contributed by atoms with E-state index in [1.807, 2.05) is 18.3 Å². The number of rotatable bonds is 3. The first-order chi connectivity index (χ1) is 12.5. The van der Waals surface area contributed by atoms with Crippen LogP contribution in [0.25, 0.3) is 10.9 Å². The Morgan fingerprint density at radius 1 is 1.15 bits per heavy atom. The fourth-order valence-corrected chi connectivity index (χ4v) is 3.87. The summed E-state index contributed by atoms with van der Waals surface area (Å²) in [5.74, 6) is 5.76. The minimum atomic E-state index is -0.496. The van der Waals surface area contributed by atoms with Crippen molar-refractivity contribution in [3.05, 3.63) is 71.2 Å². The number of halogens is 1. The van der Waals surface area contributed by atoms with Gasteiger partial charge in [0.25, 0.3) is 0 Å². The van der Waals surface area contributed by atoms with Gasteiger partial charge in [0.05, 0.1) is 11.1 Å². The van der Waals surface area contributed by atoms with Crippen LogP contribution >= 0.6 is 0 Å². The number of piperidine rings is 1. The average molecular weight is 351 g/mol. The van der Waals surface area contributed by atoms with E-state index in [0.29, 0.717) is 11.5 Å². The van der Waals surface area contributed by atoms with Crippen molar-refractivity contribution in [1.29, 1.82) is 0 Å². The summed E-state index contributed by atoms with van der Waals surface area (Å²) < 4.78 is 15.6. The molecule has 134 valence electrons. The minimum absolute atomic E-state index is 0.0971. The Kier molecular flexibility index (Phi) is 4.24. The highest BCUT2D eigenvalue weighted by atomic mass is 19.1. The molecule has 4 nitrogen and oxygen atoms in total. The molecule has 0 amide bonds. The molecular formula is C21H22FN3O. The van der Waals surface area contributed by atoms with Gasteiger partial charge in [-0.2, -0.15) is 0 Å². The summed E-state index contributed by atoms with van der Waals surface area (Å²) in [7, 11) is 2.13. The first kappa shape index (κ1) is 16.8. The van der Waals surface area contributed by atoms with Crippen molar-refractivity contribution in [3.8, 4) is 0 Å². The number of nitrogens with zero attached hydrogens (tertiary/aromatic N) is 2. The van der Waals surface area contributed by atoms with Crippen LogP contribution < -0.4 is 5.84 Å². The number of benzene rings is 2. The number of aromatic nitrogens is 1. The molecule has 26 heavy (non-hydrogen) atoms. The SMILES string of the molecule is CN1CCC(c2cn(N)c3ccc(C(=O)c4ccccc4F)cc23)CC1. The van der Waals surface area contributed by atoms with Gasteiger partial charge in [-0.1, -0.05) is 12.1 Å². The molecule has 4 rings (SSSR count). The van der Waals surface area contributed by atoms with Gasteiger partial charge in [-0.05, 0) is 74.8 Å². The third kappa shape index (κ3) is 2.88. The van der Waals surface area contributed by atoms with Crippen LogP contribution in [0.5, 0.6) is 0 Å². The molecule has 0 aliphatic carbocycles. The predicted molar refractivity (Wildman–Crippen MR) is 101 cm³/mol. The lowest BCUT2D eigenvalue weighted by atomic mass is 9.88. The van der Waals surface area contributed by atoms with E-state index >= 15 is 0 Å². The zero-order valence-corrected chi connectivity index (χ0v) is 14.8. The lowest BCUT2D eigenvalue weighted by molar-refractivity contribution is 0.103. The van der Waals surface area contributed by atoms with Gasteiger partial charge < -0.3 is 10.7 Å². The topological polar surface area (TPSA) is 51.3 Å². The Morgan fingerprint density at radius 2 is 1.88 bits per heavy atom. The Bertz CT molecular complexity index is 971. The van der Waals surface area contributed by atoms with Gasteiger partial charge in [-0.3, -0.25) is 9.47 Å². The number of nitrogen functional groups attached to an aromatic ring is 1. The van der Waals surface area contributed by atoms with Crippen molar-refractivity contribution in [2.24, 2.45) is 0 Å². The van der Waals surface area contributed by atoms with E-state index in [-0.39, 0.29) is 11.3 Å². The summed E-state index contributed by atoms with van der Waals surface area (Å²) in [5.41, 5.74) is 2.66. The van der Waals surface area contributed by atoms with E-state index in [0.717, 1.165) is 36.8 Å². The molecule has 3 aromatic rings. The smallest absolute Gasteiger partial charge is 0.195 e. The van der Waals surface area contributed by atoms with E-state index in [1.54, 1.807) is 22.9 Å². The van der Waals surface area contributed by atoms with Crippen LogP contribution in [-0.4, -0.2) is 35.5 Å². The van der Waals surface area contributed by atoms with E-state index in [1.165, 1.54) is 17.7 Å². The molecule has 0 radical (unpaired) electrons. The quantitative estimate of drug-likeness (QED) is 0.580. The van der Waals surface area contributed by atoms with Gasteiger partial charge in [-0.25, -0.2) is 4.39 Å². The summed E-state index contributed by atoms with van der Waals surface area (Å²) in [6, 6.07) is 11.5. The summed E-state index contributed by atoms with van der Waals surface area (Å²) in [6.07, 6.45) is 4.11. The van der Waals surface area contributed by atoms with Crippen LogP contribution in [0.1, 0.15) is 40.2 Å². The van der Waals surface area contributed by atoms with Crippen molar-refractivity contribution in [2.45, 2.75) is 18.8 Å². The number of carbonyl (C=O) groups excluding carboxylic acids is 1. The number of likely N-dealkylation sites (tertiary alicyclic amines) is 1. The van der Waals surface area contributed by atoms with E-state index in [2.05, 4.69) is 11.9 Å². The van der Waals surface area contributed by atoms with E-state index in [9.17, 15) is 9.18 Å². The van der Waals surface area contributed by atoms with Crippen molar-refractivity contribution < 1.29 is 9.18 Å². The average Bonchev–Trinajstić information content (AvgIpc) is 2.98. The van der Waals surface area contributed by atoms with Crippen molar-refractivity contribution in [1.82, 2.24) is 9.58 Å². The lowest BCUT2D eigenvalue weighted by Crippen LogP contribution is -2.29. The lowest BCUT2D eigenvalue weighted by Gasteiger charge is -2.28. The van der Waals surface area contributed by atoms with Crippen molar-refractivity contribution in [2.75, 3.05) is 26.0 Å². The monoisotopic (exact) mass is 351 g/mol. The molecule has 0 spiro atoms. The molecule has 5 heteroatoms. The number of fused-ring (bicyclic) bond motifs is 1. The van der Waals surface area contributed by atoms with Crippen LogP contribution in [0.4, 0.5) is 4.39 Å². The molecule has 1 aliphatic heterocycles. The molecule has 2 N–H and O–H groups in total. The predicted octanol–water partition coefficient (Wildman–Crippen LogP) is 3.53. The van der Waals surface area contributed by atoms with Gasteiger partial charge >= 0.3 is 0 Å². The Balaban J connectivity index is 1.76. The standard InChI is InChI=1S/C21H22FN3O/c1-24-10-8-14(9-11-24)18-13-25(23)20-7-6-15(12-17(18)20)21(26)16-4-2-3-5-19(16)22/h2-7,12-14H,8-11,23H2,1H3. The fraction of sp³-hybridized carbons (Fsp3) is 0.286. The molecule has 1 aromatic heterocycles. The first-order valence-electron chi connectivity index (χ1n) is 8.92. The number of hydrogen-bond acceptors (Lipinski definition) is 3. The number of nitrogens with two attached hydrogens (primary N) is 1. The maximum atomic E-state index is 14.0. The molecule has 1 saturated heterocycles. The maximum Gasteiger partial charge on any atom is 0.195 e. The van der Waals surface area contributed by atoms with Gasteiger partial charge in [-0.15, -0.1) is 0 Å². The molecule has 0 saturated carbocycles. The number of carbonyl (C=O) groups is 1. The Hall–Kier alpha value is -2.66. The second kappa shape index (κ2) is 6.57. The molecule has 2 heterocycles. The number of ketones is 1. The molecule has 1 fully saturated rings. The largest absolute Gasteiger partial charge is 0.339 e. The molecule has 0 unspecified atom stereocenters. The third-order valence-electron chi connectivity index (χ3n) is 5.40. The Morgan fingerprint density at radius 3 is 2.62 bits per heavy atom. The van der Waals surface area contributed by atoms with Crippen molar-refractivity contribution >= 4 is 16.7 Å². The highest BCUT2D eigenvalue weighted by Gasteiger charge is 2.23. The fourth-order valence-electron chi connectivity index (χ4n) is 3.87. The second-order valence-corrected chi connectivity index (χ2v) is 7.11. The minimum Gasteiger partial charge on any atom is -0.339 e. The zero-order valence-electron chi connectivity index (χ0n) is 14.8. The van der Waals surface area contributed by atoms with Crippen LogP contribution in [0, 0.1) is 5.82 Å². The third-order valence-corrected chi connectivity index (χ3v) is 5.40. The summed E-state index contributed by atoms with van der Waals surface area (Å²) >= 11 is 0. The summed E-state index contributed by atoms with van der Waals surface area (Å²) in [4.78, 5) is 15.1. The number of hydrogen-bond donors (Lipinski definition) is 1. The maximum absolute atomic E-state index is 14.0. The van der Waals surface area contributed by atoms with Gasteiger partial charge in [0.2, 0.25) is 0 Å². The van der Waals surface area contributed by atoms with Crippen LogP contribution in [0.15, 0.2) is 48.7 Å². The molecule has 2 aromatic carbocycles. The van der Waals surface area contributed by atoms with Crippen LogP contribution in [0.3, 0.4) is 0 Å². The van der Waals surface area contributed by atoms with Crippen molar-refractivity contribution in [3.63, 3.8) is 0 Å². The highest BCUT2D eigenvalue weighted by Crippen LogP contribution is 2.34. The van der Waals surface area contributed by atoms with Crippen LogP contribution in [0.2, 0.25) is 0 Å². The van der Waals surface area contributed by atoms with E-state index in [4.69, 9.17) is 5.84 Å². The van der Waals surface area contributed by atoms with Crippen LogP contribution in [-0.2, 0) is 0 Å². The summed E-state index contributed by atoms with van der Waals surface area (Å²) in [5, 5.41) is 0.990. The second-order valence-electron chi connectivity index (χ2n) is 7.11. The van der Waals surface area contributed by atoms with E-state index < -0.39 is 5.82 Å². The Labute approximate surface area is 152 Å². The van der Waals surface area contributed by atoms with Gasteiger partial charge in [0, 0.05) is 17.1 Å². The molecule has 0 bridgehead atoms. The molecular weight excluding hydrogens is 329 g/mol. The molecule has 1 aliphatic rings. The first-order valence-corrected chi connectivity index (χ1v) is 8.92. The van der Waals surface area contributed by atoms with Gasteiger partial charge in [0.15, 0.2) is 5.78 Å². The zero-order chi connectivity index (χ0) is 18.3. The van der Waals surface area contributed by atoms with Gasteiger partial charge in [0.1, 0.15) is 5.82 Å². The summed E-state index contributed by atoms with van der Waals surface area (Å²) in [6.45, 7) is 2.10. The normalized spacial score (nSPS) is 16.2. The molecule has 0 atom stereocenters.